The lowest BCUT2D eigenvalue weighted by atomic mass is 10.0. The van der Waals surface area contributed by atoms with Gasteiger partial charge in [-0.05, 0) is 54.2 Å². The van der Waals surface area contributed by atoms with E-state index < -0.39 is 54.6 Å². The topological polar surface area (TPSA) is 176 Å². The Kier molecular flexibility index (Phi) is 11.4. The molecule has 0 bridgehead atoms. The molecule has 0 aliphatic carbocycles. The fraction of sp³-hybridized carbons (Fsp3) is 0.320. The summed E-state index contributed by atoms with van der Waals surface area (Å²) in [5.41, 5.74) is 7.80. The maximum Gasteiger partial charge on any atom is 0.303 e. The molecule has 0 heterocycles. The third kappa shape index (κ3) is 10.5. The monoisotopic (exact) mass is 551 g/mol. The SMILES string of the molecule is NC(=O)[C@H](CCC(=O)O)NC(=O)C(CCC(=O)O)NC(=O)CCc1ccc(-c2cc(Cl)cc(Cl)c2)cc1. The van der Waals surface area contributed by atoms with Gasteiger partial charge < -0.3 is 26.6 Å². The van der Waals surface area contributed by atoms with Crippen LogP contribution >= 0.6 is 23.2 Å². The number of carbonyl (C=O) groups is 5. The van der Waals surface area contributed by atoms with E-state index in [9.17, 15) is 24.0 Å². The van der Waals surface area contributed by atoms with Crippen LogP contribution in [0.1, 0.15) is 37.7 Å². The minimum absolute atomic E-state index is 0.0114. The molecule has 10 nitrogen and oxygen atoms in total. The second-order valence-corrected chi connectivity index (χ2v) is 9.18. The molecular weight excluding hydrogens is 525 g/mol. The summed E-state index contributed by atoms with van der Waals surface area (Å²) in [7, 11) is 0. The molecule has 198 valence electrons. The van der Waals surface area contributed by atoms with Crippen LogP contribution in [-0.4, -0.2) is 52.0 Å². The Hall–Kier alpha value is -3.63. The van der Waals surface area contributed by atoms with Crippen LogP contribution < -0.4 is 16.4 Å². The van der Waals surface area contributed by atoms with E-state index in [0.29, 0.717) is 16.5 Å². The van der Waals surface area contributed by atoms with Gasteiger partial charge in [-0.25, -0.2) is 0 Å². The number of carboxylic acids is 2. The summed E-state index contributed by atoms with van der Waals surface area (Å²) in [6, 6.07) is 10.1. The molecular formula is C25H27Cl2N3O7. The molecule has 0 aliphatic heterocycles. The molecule has 0 fully saturated rings. The number of amides is 3. The van der Waals surface area contributed by atoms with Gasteiger partial charge in [0.25, 0.3) is 0 Å². The lowest BCUT2D eigenvalue weighted by Crippen LogP contribution is -2.53. The van der Waals surface area contributed by atoms with Gasteiger partial charge in [-0.3, -0.25) is 24.0 Å². The summed E-state index contributed by atoms with van der Waals surface area (Å²) in [6.45, 7) is 0. The van der Waals surface area contributed by atoms with Crippen molar-refractivity contribution in [2.45, 2.75) is 50.6 Å². The van der Waals surface area contributed by atoms with Crippen molar-refractivity contribution in [1.82, 2.24) is 10.6 Å². The highest BCUT2D eigenvalue weighted by atomic mass is 35.5. The number of nitrogens with two attached hydrogens (primary N) is 1. The third-order valence-electron chi connectivity index (χ3n) is 5.40. The third-order valence-corrected chi connectivity index (χ3v) is 5.83. The number of aliphatic carboxylic acids is 2. The highest BCUT2D eigenvalue weighted by molar-refractivity contribution is 6.35. The van der Waals surface area contributed by atoms with Gasteiger partial charge in [-0.15, -0.1) is 0 Å². The average molecular weight is 552 g/mol. The summed E-state index contributed by atoms with van der Waals surface area (Å²) in [5, 5.41) is 23.6. The zero-order valence-corrected chi connectivity index (χ0v) is 21.2. The molecule has 2 aromatic rings. The van der Waals surface area contributed by atoms with E-state index in [2.05, 4.69) is 10.6 Å². The maximum atomic E-state index is 12.7. The van der Waals surface area contributed by atoms with Crippen LogP contribution in [0.3, 0.4) is 0 Å². The van der Waals surface area contributed by atoms with E-state index in [4.69, 9.17) is 39.1 Å². The van der Waals surface area contributed by atoms with Crippen LogP contribution in [0.2, 0.25) is 10.0 Å². The molecule has 0 saturated carbocycles. The molecule has 0 radical (unpaired) electrons. The molecule has 3 amide bonds. The molecule has 2 atom stereocenters. The van der Waals surface area contributed by atoms with Crippen LogP contribution in [0.5, 0.6) is 0 Å². The number of carboxylic acid groups (broad SMARTS) is 2. The van der Waals surface area contributed by atoms with E-state index in [0.717, 1.165) is 16.7 Å². The number of primary amides is 1. The van der Waals surface area contributed by atoms with E-state index in [-0.39, 0.29) is 19.3 Å². The number of benzene rings is 2. The first-order chi connectivity index (χ1) is 17.4. The molecule has 0 spiro atoms. The Morgan fingerprint density at radius 1 is 0.757 bits per heavy atom. The van der Waals surface area contributed by atoms with Crippen LogP contribution in [0, 0.1) is 0 Å². The van der Waals surface area contributed by atoms with Crippen molar-refractivity contribution in [3.05, 3.63) is 58.1 Å². The fourth-order valence-corrected chi connectivity index (χ4v) is 4.00. The number of rotatable bonds is 14. The molecule has 2 aromatic carbocycles. The second-order valence-electron chi connectivity index (χ2n) is 8.30. The number of hydrogen-bond donors (Lipinski definition) is 5. The normalized spacial score (nSPS) is 12.3. The van der Waals surface area contributed by atoms with Gasteiger partial charge in [0.05, 0.1) is 0 Å². The molecule has 12 heteroatoms. The summed E-state index contributed by atoms with van der Waals surface area (Å²) in [4.78, 5) is 58.6. The Balaban J connectivity index is 1.99. The second kappa shape index (κ2) is 14.2. The fourth-order valence-electron chi connectivity index (χ4n) is 3.47. The highest BCUT2D eigenvalue weighted by Crippen LogP contribution is 2.27. The highest BCUT2D eigenvalue weighted by Gasteiger charge is 2.26. The van der Waals surface area contributed by atoms with Crippen molar-refractivity contribution >= 4 is 52.9 Å². The molecule has 0 aliphatic rings. The van der Waals surface area contributed by atoms with Crippen molar-refractivity contribution in [1.29, 1.82) is 0 Å². The quantitative estimate of drug-likeness (QED) is 0.239. The van der Waals surface area contributed by atoms with Crippen molar-refractivity contribution in [2.75, 3.05) is 0 Å². The van der Waals surface area contributed by atoms with Gasteiger partial charge in [-0.2, -0.15) is 0 Å². The number of nitrogens with one attached hydrogen (secondary N) is 2. The predicted molar refractivity (Wildman–Crippen MR) is 137 cm³/mol. The average Bonchev–Trinajstić information content (AvgIpc) is 2.82. The molecule has 6 N–H and O–H groups in total. The molecule has 1 unspecified atom stereocenters. The lowest BCUT2D eigenvalue weighted by molar-refractivity contribution is -0.139. The van der Waals surface area contributed by atoms with E-state index >= 15 is 0 Å². The number of halogens is 2. The molecule has 0 aromatic heterocycles. The Morgan fingerprint density at radius 2 is 1.30 bits per heavy atom. The van der Waals surface area contributed by atoms with Crippen molar-refractivity contribution < 1.29 is 34.2 Å². The minimum Gasteiger partial charge on any atom is -0.481 e. The summed E-state index contributed by atoms with van der Waals surface area (Å²) in [5.74, 6) is -4.63. The summed E-state index contributed by atoms with van der Waals surface area (Å²) >= 11 is 12.1. The number of carbonyl (C=O) groups excluding carboxylic acids is 3. The summed E-state index contributed by atoms with van der Waals surface area (Å²) < 4.78 is 0. The smallest absolute Gasteiger partial charge is 0.303 e. The van der Waals surface area contributed by atoms with Gasteiger partial charge in [0.1, 0.15) is 12.1 Å². The van der Waals surface area contributed by atoms with Crippen LogP contribution in [0.15, 0.2) is 42.5 Å². The molecule has 37 heavy (non-hydrogen) atoms. The number of hydrogen-bond acceptors (Lipinski definition) is 5. The van der Waals surface area contributed by atoms with E-state index in [1.165, 1.54) is 0 Å². The van der Waals surface area contributed by atoms with E-state index in [1.807, 2.05) is 24.3 Å². The summed E-state index contributed by atoms with van der Waals surface area (Å²) in [6.07, 6.45) is -0.940. The van der Waals surface area contributed by atoms with Crippen molar-refractivity contribution in [2.24, 2.45) is 5.73 Å². The van der Waals surface area contributed by atoms with Crippen LogP contribution in [-0.2, 0) is 30.4 Å². The van der Waals surface area contributed by atoms with Crippen LogP contribution in [0.25, 0.3) is 11.1 Å². The minimum atomic E-state index is -1.28. The lowest BCUT2D eigenvalue weighted by Gasteiger charge is -2.21. The zero-order valence-electron chi connectivity index (χ0n) is 19.7. The van der Waals surface area contributed by atoms with Crippen molar-refractivity contribution in [3.8, 4) is 11.1 Å². The first kappa shape index (κ1) is 29.6. The Morgan fingerprint density at radius 3 is 1.81 bits per heavy atom. The predicted octanol–water partition coefficient (Wildman–Crippen LogP) is 2.78. The molecule has 0 saturated heterocycles. The van der Waals surface area contributed by atoms with Gasteiger partial charge in [0.2, 0.25) is 17.7 Å². The van der Waals surface area contributed by atoms with Crippen molar-refractivity contribution in [3.63, 3.8) is 0 Å². The largest absolute Gasteiger partial charge is 0.481 e. The number of aryl methyl sites for hydroxylation is 1. The van der Waals surface area contributed by atoms with Gasteiger partial charge >= 0.3 is 11.9 Å². The zero-order chi connectivity index (χ0) is 27.5. The Bertz CT molecular complexity index is 1140. The van der Waals surface area contributed by atoms with Gasteiger partial charge in [-0.1, -0.05) is 47.5 Å². The van der Waals surface area contributed by atoms with E-state index in [1.54, 1.807) is 18.2 Å². The Labute approximate surface area is 223 Å². The first-order valence-electron chi connectivity index (χ1n) is 11.3. The van der Waals surface area contributed by atoms with Gasteiger partial charge in [0.15, 0.2) is 0 Å². The first-order valence-corrected chi connectivity index (χ1v) is 12.1. The standard InChI is InChI=1S/C25H27Cl2N3O7/c26-17-11-16(12-18(27)13-17)15-4-1-14(2-5-15)3-8-21(31)29-20(7-10-23(34)35)25(37)30-19(24(28)36)6-9-22(32)33/h1-2,4-5,11-13,19-20H,3,6-10H2,(H2,28,36)(H,29,31)(H,30,37)(H,32,33)(H,34,35)/t19-,20?/m0/s1. The van der Waals surface area contributed by atoms with Crippen LogP contribution in [0.4, 0.5) is 0 Å². The molecule has 2 rings (SSSR count). The van der Waals surface area contributed by atoms with Gasteiger partial charge in [0, 0.05) is 29.3 Å². The maximum absolute atomic E-state index is 12.7.